The molecule has 0 saturated carbocycles. The van der Waals surface area contributed by atoms with Gasteiger partial charge in [0.1, 0.15) is 0 Å². The molecule has 0 nitrogen and oxygen atoms in total. The zero-order chi connectivity index (χ0) is 17.0. The van der Waals surface area contributed by atoms with Crippen molar-refractivity contribution < 1.29 is 4.39 Å². The van der Waals surface area contributed by atoms with Crippen molar-refractivity contribution in [2.24, 2.45) is 0 Å². The van der Waals surface area contributed by atoms with E-state index in [1.165, 1.54) is 11.1 Å². The SMILES string of the molecule is C=CCCc1ccc(C2(F)CC=CC=C2c2ccc(C)cc2)cc1. The molecule has 0 aliphatic heterocycles. The molecule has 2 aromatic carbocycles. The molecule has 1 aliphatic rings. The second kappa shape index (κ2) is 7.00. The van der Waals surface area contributed by atoms with E-state index < -0.39 is 5.67 Å². The van der Waals surface area contributed by atoms with E-state index >= 15 is 4.39 Å². The number of aryl methyl sites for hydroxylation is 2. The van der Waals surface area contributed by atoms with Gasteiger partial charge >= 0.3 is 0 Å². The second-order valence-electron chi connectivity index (χ2n) is 6.40. The van der Waals surface area contributed by atoms with Crippen LogP contribution in [0.4, 0.5) is 4.39 Å². The van der Waals surface area contributed by atoms with Gasteiger partial charge in [-0.05, 0) is 36.5 Å². The topological polar surface area (TPSA) is 0 Å². The van der Waals surface area contributed by atoms with E-state index in [-0.39, 0.29) is 0 Å². The molecule has 0 fully saturated rings. The van der Waals surface area contributed by atoms with Crippen molar-refractivity contribution in [3.05, 3.63) is 102 Å². The summed E-state index contributed by atoms with van der Waals surface area (Å²) in [5.74, 6) is 0. The average Bonchev–Trinajstić information content (AvgIpc) is 2.62. The Morgan fingerprint density at radius 1 is 1.08 bits per heavy atom. The lowest BCUT2D eigenvalue weighted by atomic mass is 9.78. The first-order valence-electron chi connectivity index (χ1n) is 8.47. The number of halogens is 1. The lowest BCUT2D eigenvalue weighted by Crippen LogP contribution is -2.23. The van der Waals surface area contributed by atoms with E-state index in [0.717, 1.165) is 29.5 Å². The number of rotatable bonds is 5. The third kappa shape index (κ3) is 3.26. The van der Waals surface area contributed by atoms with Gasteiger partial charge in [0.2, 0.25) is 0 Å². The third-order valence-electron chi connectivity index (χ3n) is 4.64. The molecule has 122 valence electrons. The molecule has 24 heavy (non-hydrogen) atoms. The quantitative estimate of drug-likeness (QED) is 0.566. The molecule has 0 saturated heterocycles. The average molecular weight is 318 g/mol. The summed E-state index contributed by atoms with van der Waals surface area (Å²) >= 11 is 0. The summed E-state index contributed by atoms with van der Waals surface area (Å²) in [6.45, 7) is 5.80. The van der Waals surface area contributed by atoms with Crippen molar-refractivity contribution in [3.8, 4) is 0 Å². The van der Waals surface area contributed by atoms with Crippen LogP contribution in [0, 0.1) is 6.92 Å². The molecule has 0 heterocycles. The Bertz CT molecular complexity index is 763. The standard InChI is InChI=1S/C23H23F/c1-3-4-7-19-11-15-21(16-12-19)23(24)17-6-5-8-22(23)20-13-9-18(2)10-14-20/h3,5-6,8-16H,1,4,7,17H2,2H3. The van der Waals surface area contributed by atoms with E-state index in [1.54, 1.807) is 0 Å². The van der Waals surface area contributed by atoms with Gasteiger partial charge in [-0.1, -0.05) is 78.4 Å². The van der Waals surface area contributed by atoms with Crippen LogP contribution < -0.4 is 0 Å². The fraction of sp³-hybridized carbons (Fsp3) is 0.217. The summed E-state index contributed by atoms with van der Waals surface area (Å²) in [5, 5.41) is 0. The molecule has 1 heteroatoms. The van der Waals surface area contributed by atoms with Crippen molar-refractivity contribution in [3.63, 3.8) is 0 Å². The van der Waals surface area contributed by atoms with Gasteiger partial charge in [0.25, 0.3) is 0 Å². The molecule has 1 unspecified atom stereocenters. The minimum atomic E-state index is -1.47. The Labute approximate surface area is 144 Å². The second-order valence-corrected chi connectivity index (χ2v) is 6.40. The van der Waals surface area contributed by atoms with E-state index in [1.807, 2.05) is 79.8 Å². The first-order chi connectivity index (χ1) is 11.6. The lowest BCUT2D eigenvalue weighted by Gasteiger charge is -2.30. The summed E-state index contributed by atoms with van der Waals surface area (Å²) in [6, 6.07) is 16.0. The molecule has 1 aliphatic carbocycles. The molecule has 0 aromatic heterocycles. The first-order valence-corrected chi connectivity index (χ1v) is 8.47. The van der Waals surface area contributed by atoms with Crippen molar-refractivity contribution >= 4 is 5.57 Å². The van der Waals surface area contributed by atoms with Gasteiger partial charge in [0, 0.05) is 12.0 Å². The number of allylic oxidation sites excluding steroid dienone is 5. The summed E-state index contributed by atoms with van der Waals surface area (Å²) in [4.78, 5) is 0. The highest BCUT2D eigenvalue weighted by Crippen LogP contribution is 2.45. The number of hydrogen-bond acceptors (Lipinski definition) is 0. The monoisotopic (exact) mass is 318 g/mol. The highest BCUT2D eigenvalue weighted by Gasteiger charge is 2.37. The zero-order valence-corrected chi connectivity index (χ0v) is 14.1. The van der Waals surface area contributed by atoms with E-state index in [9.17, 15) is 0 Å². The molecule has 0 radical (unpaired) electrons. The number of alkyl halides is 1. The predicted octanol–water partition coefficient (Wildman–Crippen LogP) is 6.32. The maximum absolute atomic E-state index is 16.0. The number of hydrogen-bond donors (Lipinski definition) is 0. The molecular weight excluding hydrogens is 295 g/mol. The molecule has 0 N–H and O–H groups in total. The molecule has 0 amide bonds. The molecule has 1 atom stereocenters. The minimum absolute atomic E-state index is 0.374. The van der Waals surface area contributed by atoms with Crippen LogP contribution in [0.5, 0.6) is 0 Å². The predicted molar refractivity (Wildman–Crippen MR) is 101 cm³/mol. The van der Waals surface area contributed by atoms with E-state index in [2.05, 4.69) is 6.58 Å². The smallest absolute Gasteiger partial charge is 0.165 e. The molecule has 3 rings (SSSR count). The van der Waals surface area contributed by atoms with Crippen LogP contribution in [-0.2, 0) is 12.1 Å². The summed E-state index contributed by atoms with van der Waals surface area (Å²) < 4.78 is 16.0. The highest BCUT2D eigenvalue weighted by atomic mass is 19.1. The zero-order valence-electron chi connectivity index (χ0n) is 14.1. The van der Waals surface area contributed by atoms with Crippen LogP contribution in [0.3, 0.4) is 0 Å². The Morgan fingerprint density at radius 3 is 2.46 bits per heavy atom. The maximum Gasteiger partial charge on any atom is 0.165 e. The largest absolute Gasteiger partial charge is 0.233 e. The van der Waals surface area contributed by atoms with Gasteiger partial charge < -0.3 is 0 Å². The fourth-order valence-electron chi connectivity index (χ4n) is 3.17. The Kier molecular flexibility index (Phi) is 4.80. The Balaban J connectivity index is 1.94. The van der Waals surface area contributed by atoms with Crippen molar-refractivity contribution in [1.82, 2.24) is 0 Å². The van der Waals surface area contributed by atoms with Gasteiger partial charge in [-0.15, -0.1) is 6.58 Å². The molecule has 0 spiro atoms. The normalized spacial score (nSPS) is 19.8. The van der Waals surface area contributed by atoms with Crippen molar-refractivity contribution in [2.75, 3.05) is 0 Å². The van der Waals surface area contributed by atoms with Crippen LogP contribution in [0.15, 0.2) is 79.4 Å². The van der Waals surface area contributed by atoms with Crippen LogP contribution in [0.2, 0.25) is 0 Å². The van der Waals surface area contributed by atoms with Crippen LogP contribution in [0.1, 0.15) is 35.1 Å². The Morgan fingerprint density at radius 2 is 1.79 bits per heavy atom. The van der Waals surface area contributed by atoms with Crippen molar-refractivity contribution in [2.45, 2.75) is 31.9 Å². The Hall–Kier alpha value is -2.41. The fourth-order valence-corrected chi connectivity index (χ4v) is 3.17. The highest BCUT2D eigenvalue weighted by molar-refractivity contribution is 5.76. The first kappa shape index (κ1) is 16.4. The van der Waals surface area contributed by atoms with Gasteiger partial charge in [-0.2, -0.15) is 0 Å². The molecular formula is C23H23F. The van der Waals surface area contributed by atoms with Gasteiger partial charge in [-0.3, -0.25) is 0 Å². The molecule has 2 aromatic rings. The maximum atomic E-state index is 16.0. The summed E-state index contributed by atoms with van der Waals surface area (Å²) in [7, 11) is 0. The van der Waals surface area contributed by atoms with Gasteiger partial charge in [0.05, 0.1) is 0 Å². The minimum Gasteiger partial charge on any atom is -0.233 e. The summed E-state index contributed by atoms with van der Waals surface area (Å²) in [6.07, 6.45) is 9.93. The van der Waals surface area contributed by atoms with Crippen LogP contribution in [-0.4, -0.2) is 0 Å². The number of benzene rings is 2. The van der Waals surface area contributed by atoms with Gasteiger partial charge in [-0.25, -0.2) is 4.39 Å². The summed E-state index contributed by atoms with van der Waals surface area (Å²) in [5.41, 5.74) is 3.34. The van der Waals surface area contributed by atoms with E-state index in [4.69, 9.17) is 0 Å². The van der Waals surface area contributed by atoms with Crippen molar-refractivity contribution in [1.29, 1.82) is 0 Å². The van der Waals surface area contributed by atoms with Gasteiger partial charge in [0.15, 0.2) is 5.67 Å². The van der Waals surface area contributed by atoms with Crippen LogP contribution in [0.25, 0.3) is 5.57 Å². The third-order valence-corrected chi connectivity index (χ3v) is 4.64. The lowest BCUT2D eigenvalue weighted by molar-refractivity contribution is 0.249. The van der Waals surface area contributed by atoms with E-state index in [0.29, 0.717) is 6.42 Å². The van der Waals surface area contributed by atoms with Crippen LogP contribution >= 0.6 is 0 Å². The molecule has 0 bridgehead atoms.